The van der Waals surface area contributed by atoms with Crippen LogP contribution in [0.15, 0.2) is 43.4 Å². The maximum absolute atomic E-state index is 12.6. The van der Waals surface area contributed by atoms with Crippen LogP contribution < -0.4 is 15.2 Å². The summed E-state index contributed by atoms with van der Waals surface area (Å²) < 4.78 is 12.8. The van der Waals surface area contributed by atoms with Gasteiger partial charge in [-0.15, -0.1) is 0 Å². The molecule has 2 atom stereocenters. The maximum Gasteiger partial charge on any atom is 0.246 e. The Morgan fingerprint density at radius 2 is 1.94 bits per heavy atom. The first kappa shape index (κ1) is 24.1. The van der Waals surface area contributed by atoms with Crippen LogP contribution >= 0.6 is 0 Å². The second-order valence-corrected chi connectivity index (χ2v) is 8.76. The van der Waals surface area contributed by atoms with Crippen LogP contribution in [0.25, 0.3) is 11.0 Å². The van der Waals surface area contributed by atoms with Gasteiger partial charge in [0.2, 0.25) is 5.91 Å². The molecule has 1 aliphatic rings. The molecule has 0 aliphatic carbocycles. The number of likely N-dealkylation sites (N-methyl/N-ethyl adjacent to an activating group) is 1. The van der Waals surface area contributed by atoms with Gasteiger partial charge in [0.05, 0.1) is 31.2 Å². The van der Waals surface area contributed by atoms with Crippen molar-refractivity contribution in [3.05, 3.63) is 54.5 Å². The lowest BCUT2D eigenvalue weighted by molar-refractivity contribution is -0.127. The normalized spacial score (nSPS) is 17.3. The largest absolute Gasteiger partial charge is 0.497 e. The molecule has 1 aliphatic heterocycles. The molecule has 182 valence electrons. The number of anilines is 1. The van der Waals surface area contributed by atoms with Gasteiger partial charge in [0, 0.05) is 37.0 Å². The van der Waals surface area contributed by atoms with Gasteiger partial charge < -0.3 is 29.6 Å². The van der Waals surface area contributed by atoms with E-state index >= 15 is 0 Å². The van der Waals surface area contributed by atoms with Crippen molar-refractivity contribution in [1.82, 2.24) is 24.3 Å². The maximum atomic E-state index is 12.6. The summed E-state index contributed by atoms with van der Waals surface area (Å²) in [4.78, 5) is 25.2. The number of ether oxygens (including phenoxy) is 2. The van der Waals surface area contributed by atoms with Crippen LogP contribution in [0.5, 0.6) is 11.5 Å². The number of carbonyl (C=O) groups excluding carboxylic acids is 1. The number of fused-ring (bicyclic) bond motifs is 1. The molecule has 9 nitrogen and oxygen atoms in total. The summed E-state index contributed by atoms with van der Waals surface area (Å²) in [5, 5.41) is 0.701. The Morgan fingerprint density at radius 1 is 1.23 bits per heavy atom. The fourth-order valence-corrected chi connectivity index (χ4v) is 4.58. The lowest BCUT2D eigenvalue weighted by Crippen LogP contribution is -2.40. The van der Waals surface area contributed by atoms with Gasteiger partial charge in [-0.05, 0) is 38.7 Å². The minimum Gasteiger partial charge on any atom is -0.497 e. The second kappa shape index (κ2) is 10.1. The molecule has 1 aromatic carbocycles. The highest BCUT2D eigenvalue weighted by molar-refractivity contribution is 5.92. The van der Waals surface area contributed by atoms with Crippen LogP contribution in [0.1, 0.15) is 23.6 Å². The quantitative estimate of drug-likeness (QED) is 0.432. The Hall–Kier alpha value is -4.03. The van der Waals surface area contributed by atoms with Crippen LogP contribution in [-0.4, -0.2) is 77.7 Å². The van der Waals surface area contributed by atoms with Crippen LogP contribution in [-0.2, 0) is 4.79 Å². The van der Waals surface area contributed by atoms with E-state index in [0.717, 1.165) is 24.1 Å². The number of aromatic nitrogens is 3. The summed E-state index contributed by atoms with van der Waals surface area (Å²) in [7, 11) is 7.21. The summed E-state index contributed by atoms with van der Waals surface area (Å²) in [5.74, 6) is 8.02. The zero-order valence-electron chi connectivity index (χ0n) is 20.5. The third-order valence-corrected chi connectivity index (χ3v) is 6.15. The third kappa shape index (κ3) is 4.93. The number of nitrogens with zero attached hydrogens (tertiary/aromatic N) is 5. The van der Waals surface area contributed by atoms with Gasteiger partial charge in [-0.1, -0.05) is 18.4 Å². The molecule has 0 radical (unpaired) electrons. The van der Waals surface area contributed by atoms with Gasteiger partial charge >= 0.3 is 0 Å². The molecule has 1 saturated heterocycles. The number of nitrogen functional groups attached to an aromatic ring is 1. The molecular formula is C26H30N6O3. The molecule has 1 fully saturated rings. The highest BCUT2D eigenvalue weighted by Gasteiger charge is 2.36. The number of nitrogens with two attached hydrogens (primary N) is 1. The lowest BCUT2D eigenvalue weighted by Gasteiger charge is -2.25. The molecule has 0 spiro atoms. The molecule has 0 bridgehead atoms. The summed E-state index contributed by atoms with van der Waals surface area (Å²) in [6.07, 6.45) is 5.57. The molecule has 1 amide bonds. The summed E-state index contributed by atoms with van der Waals surface area (Å²) in [6.45, 7) is 4.99. The first-order valence-electron chi connectivity index (χ1n) is 11.3. The average Bonchev–Trinajstić information content (AvgIpc) is 3.43. The molecule has 2 aromatic heterocycles. The second-order valence-electron chi connectivity index (χ2n) is 8.76. The van der Waals surface area contributed by atoms with E-state index in [-0.39, 0.29) is 18.0 Å². The third-order valence-electron chi connectivity index (χ3n) is 6.15. The van der Waals surface area contributed by atoms with Crippen molar-refractivity contribution in [2.24, 2.45) is 0 Å². The Bertz CT molecular complexity index is 1300. The molecule has 2 N–H and O–H groups in total. The van der Waals surface area contributed by atoms with E-state index in [1.165, 1.54) is 12.4 Å². The Kier molecular flexibility index (Phi) is 6.94. The van der Waals surface area contributed by atoms with Gasteiger partial charge in [0.15, 0.2) is 0 Å². The van der Waals surface area contributed by atoms with Crippen molar-refractivity contribution in [2.45, 2.75) is 18.5 Å². The number of rotatable bonds is 6. The standard InChI is InChI=1S/C26H30N6O3/c1-6-23(33)31-15-20(11-19(31)14-30(2)3)32-13-18(24-25(27)28-16-29-26(24)32)8-7-17-9-21(34-4)12-22(10-17)35-5/h6,9-10,12-13,16,19-20H,1,11,14-15H2,2-5H3,(H2,27,28,29)/t19-,20-/m0/s1. The van der Waals surface area contributed by atoms with E-state index in [9.17, 15) is 4.79 Å². The summed E-state index contributed by atoms with van der Waals surface area (Å²) in [6, 6.07) is 5.57. The van der Waals surface area contributed by atoms with Crippen molar-refractivity contribution < 1.29 is 14.3 Å². The van der Waals surface area contributed by atoms with E-state index in [0.29, 0.717) is 34.9 Å². The van der Waals surface area contributed by atoms with Crippen LogP contribution in [0.3, 0.4) is 0 Å². The zero-order valence-corrected chi connectivity index (χ0v) is 20.5. The predicted molar refractivity (Wildman–Crippen MR) is 135 cm³/mol. The molecule has 3 aromatic rings. The van der Waals surface area contributed by atoms with Crippen molar-refractivity contribution in [3.8, 4) is 23.3 Å². The fraction of sp³-hybridized carbons (Fsp3) is 0.346. The van der Waals surface area contributed by atoms with Crippen LogP contribution in [0.4, 0.5) is 5.82 Å². The number of carbonyl (C=O) groups is 1. The minimum absolute atomic E-state index is 0.0214. The van der Waals surface area contributed by atoms with Crippen molar-refractivity contribution in [3.63, 3.8) is 0 Å². The molecule has 9 heteroatoms. The number of benzene rings is 1. The Morgan fingerprint density at radius 3 is 2.57 bits per heavy atom. The van der Waals surface area contributed by atoms with E-state index in [4.69, 9.17) is 15.2 Å². The van der Waals surface area contributed by atoms with Crippen molar-refractivity contribution in [1.29, 1.82) is 0 Å². The Balaban J connectivity index is 1.75. The zero-order chi connectivity index (χ0) is 25.1. The first-order chi connectivity index (χ1) is 16.8. The first-order valence-corrected chi connectivity index (χ1v) is 11.3. The number of methoxy groups -OCH3 is 2. The lowest BCUT2D eigenvalue weighted by atomic mass is 10.1. The van der Waals surface area contributed by atoms with E-state index in [2.05, 4.69) is 37.9 Å². The van der Waals surface area contributed by atoms with Gasteiger partial charge in [0.1, 0.15) is 29.3 Å². The van der Waals surface area contributed by atoms with Gasteiger partial charge in [-0.2, -0.15) is 0 Å². The minimum atomic E-state index is -0.0723. The Labute approximate surface area is 205 Å². The summed E-state index contributed by atoms with van der Waals surface area (Å²) in [5.41, 5.74) is 8.43. The number of likely N-dealkylation sites (tertiary alicyclic amines) is 1. The van der Waals surface area contributed by atoms with Crippen molar-refractivity contribution in [2.75, 3.05) is 47.1 Å². The molecule has 0 saturated carbocycles. The predicted octanol–water partition coefficient (Wildman–Crippen LogP) is 2.32. The molecule has 35 heavy (non-hydrogen) atoms. The fourth-order valence-electron chi connectivity index (χ4n) is 4.58. The molecule has 0 unspecified atom stereocenters. The molecular weight excluding hydrogens is 444 g/mol. The van der Waals surface area contributed by atoms with Gasteiger partial charge in [0.25, 0.3) is 0 Å². The van der Waals surface area contributed by atoms with E-state index < -0.39 is 0 Å². The molecule has 4 rings (SSSR count). The average molecular weight is 475 g/mol. The van der Waals surface area contributed by atoms with Crippen molar-refractivity contribution >= 4 is 22.8 Å². The van der Waals surface area contributed by atoms with E-state index in [1.807, 2.05) is 37.3 Å². The van der Waals surface area contributed by atoms with Gasteiger partial charge in [-0.25, -0.2) is 9.97 Å². The number of hydrogen-bond donors (Lipinski definition) is 1. The SMILES string of the molecule is C=CC(=O)N1C[C@@H](n2cc(C#Cc3cc(OC)cc(OC)c3)c3c(N)ncnc32)C[C@H]1CN(C)C. The highest BCUT2D eigenvalue weighted by atomic mass is 16.5. The number of hydrogen-bond acceptors (Lipinski definition) is 7. The topological polar surface area (TPSA) is 98.7 Å². The highest BCUT2D eigenvalue weighted by Crippen LogP contribution is 2.33. The van der Waals surface area contributed by atoms with Crippen LogP contribution in [0.2, 0.25) is 0 Å². The van der Waals surface area contributed by atoms with Gasteiger partial charge in [-0.3, -0.25) is 4.79 Å². The van der Waals surface area contributed by atoms with E-state index in [1.54, 1.807) is 20.3 Å². The smallest absolute Gasteiger partial charge is 0.246 e. The number of amides is 1. The molecule has 3 heterocycles. The summed E-state index contributed by atoms with van der Waals surface area (Å²) >= 11 is 0. The monoisotopic (exact) mass is 474 g/mol. The van der Waals surface area contributed by atoms with Crippen LogP contribution in [0, 0.1) is 11.8 Å².